The third-order valence-corrected chi connectivity index (χ3v) is 4.44. The quantitative estimate of drug-likeness (QED) is 0.497. The van der Waals surface area contributed by atoms with Gasteiger partial charge in [-0.1, -0.05) is 30.3 Å². The van der Waals surface area contributed by atoms with Gasteiger partial charge in [0.25, 0.3) is 5.69 Å². The van der Waals surface area contributed by atoms with E-state index in [1.165, 1.54) is 11.6 Å². The Labute approximate surface area is 152 Å². The molecule has 0 N–H and O–H groups in total. The second-order valence-corrected chi connectivity index (χ2v) is 6.50. The molecule has 6 nitrogen and oxygen atoms in total. The lowest BCUT2D eigenvalue weighted by Gasteiger charge is -2.17. The summed E-state index contributed by atoms with van der Waals surface area (Å²) in [6, 6.07) is 16.8. The van der Waals surface area contributed by atoms with Crippen molar-refractivity contribution in [3.63, 3.8) is 0 Å². The SMILES string of the molecule is Cc1nn(-c2ccccc2)c(C)c1CN(C)Cc1cccc([N+](=O)[O-])c1. The van der Waals surface area contributed by atoms with Gasteiger partial charge in [-0.05, 0) is 38.6 Å². The van der Waals surface area contributed by atoms with Crippen LogP contribution in [0.1, 0.15) is 22.5 Å². The third kappa shape index (κ3) is 3.81. The molecule has 26 heavy (non-hydrogen) atoms. The molecule has 2 aromatic carbocycles. The molecule has 0 saturated carbocycles. The second-order valence-electron chi connectivity index (χ2n) is 6.50. The molecule has 1 heterocycles. The maximum atomic E-state index is 10.9. The fraction of sp³-hybridized carbons (Fsp3) is 0.250. The summed E-state index contributed by atoms with van der Waals surface area (Å²) in [5, 5.41) is 15.6. The lowest BCUT2D eigenvalue weighted by molar-refractivity contribution is -0.384. The van der Waals surface area contributed by atoms with E-state index >= 15 is 0 Å². The largest absolute Gasteiger partial charge is 0.298 e. The Morgan fingerprint density at radius 3 is 2.50 bits per heavy atom. The summed E-state index contributed by atoms with van der Waals surface area (Å²) in [6.07, 6.45) is 0. The van der Waals surface area contributed by atoms with Crippen molar-refractivity contribution >= 4 is 5.69 Å². The van der Waals surface area contributed by atoms with Crippen molar-refractivity contribution in [3.8, 4) is 5.69 Å². The van der Waals surface area contributed by atoms with Crippen molar-refractivity contribution in [2.45, 2.75) is 26.9 Å². The molecule has 0 spiro atoms. The van der Waals surface area contributed by atoms with Crippen molar-refractivity contribution in [3.05, 3.63) is 87.2 Å². The van der Waals surface area contributed by atoms with Gasteiger partial charge in [-0.2, -0.15) is 5.10 Å². The second kappa shape index (κ2) is 7.49. The smallest absolute Gasteiger partial charge is 0.269 e. The fourth-order valence-corrected chi connectivity index (χ4v) is 3.13. The Hall–Kier alpha value is -2.99. The van der Waals surface area contributed by atoms with Gasteiger partial charge < -0.3 is 0 Å². The Morgan fingerprint density at radius 2 is 1.81 bits per heavy atom. The summed E-state index contributed by atoms with van der Waals surface area (Å²) in [6.45, 7) is 5.46. The van der Waals surface area contributed by atoms with Crippen LogP contribution in [0.3, 0.4) is 0 Å². The summed E-state index contributed by atoms with van der Waals surface area (Å²) < 4.78 is 1.96. The van der Waals surface area contributed by atoms with E-state index in [2.05, 4.69) is 16.9 Å². The Morgan fingerprint density at radius 1 is 1.08 bits per heavy atom. The summed E-state index contributed by atoms with van der Waals surface area (Å²) in [5.41, 5.74) is 5.38. The highest BCUT2D eigenvalue weighted by Gasteiger charge is 2.15. The number of hydrogen-bond acceptors (Lipinski definition) is 4. The summed E-state index contributed by atoms with van der Waals surface area (Å²) in [4.78, 5) is 12.7. The van der Waals surface area contributed by atoms with Gasteiger partial charge in [-0.15, -0.1) is 0 Å². The van der Waals surface area contributed by atoms with Crippen molar-refractivity contribution in [2.24, 2.45) is 0 Å². The number of benzene rings is 2. The molecule has 0 aliphatic heterocycles. The molecule has 0 aliphatic rings. The highest BCUT2D eigenvalue weighted by molar-refractivity contribution is 5.37. The summed E-state index contributed by atoms with van der Waals surface area (Å²) in [5.74, 6) is 0. The van der Waals surface area contributed by atoms with E-state index in [1.54, 1.807) is 12.1 Å². The van der Waals surface area contributed by atoms with Gasteiger partial charge in [-0.3, -0.25) is 15.0 Å². The Balaban J connectivity index is 1.78. The van der Waals surface area contributed by atoms with Crippen molar-refractivity contribution < 1.29 is 4.92 Å². The molecule has 134 valence electrons. The predicted octanol–water partition coefficient (Wildman–Crippen LogP) is 4.03. The predicted molar refractivity (Wildman–Crippen MR) is 101 cm³/mol. The number of aryl methyl sites for hydroxylation is 1. The van der Waals surface area contributed by atoms with Gasteiger partial charge >= 0.3 is 0 Å². The van der Waals surface area contributed by atoms with Crippen LogP contribution in [-0.2, 0) is 13.1 Å². The minimum absolute atomic E-state index is 0.125. The minimum atomic E-state index is -0.359. The number of nitro benzene ring substituents is 1. The molecule has 1 aromatic heterocycles. The molecule has 0 fully saturated rings. The number of aromatic nitrogens is 2. The van der Waals surface area contributed by atoms with Gasteiger partial charge in [0.1, 0.15) is 0 Å². The molecule has 0 atom stereocenters. The summed E-state index contributed by atoms with van der Waals surface area (Å²) in [7, 11) is 2.01. The zero-order valence-electron chi connectivity index (χ0n) is 15.2. The zero-order valence-corrected chi connectivity index (χ0v) is 15.2. The number of rotatable bonds is 6. The normalized spacial score (nSPS) is 11.1. The summed E-state index contributed by atoms with van der Waals surface area (Å²) >= 11 is 0. The number of non-ortho nitro benzene ring substituents is 1. The van der Waals surface area contributed by atoms with Crippen LogP contribution in [0.2, 0.25) is 0 Å². The number of nitro groups is 1. The standard InChI is InChI=1S/C20H22N4O2/c1-15-20(16(2)23(21-15)18-9-5-4-6-10-18)14-22(3)13-17-8-7-11-19(12-17)24(25)26/h4-12H,13-14H2,1-3H3. The van der Waals surface area contributed by atoms with Crippen LogP contribution in [0.4, 0.5) is 5.69 Å². The van der Waals surface area contributed by atoms with E-state index in [-0.39, 0.29) is 10.6 Å². The van der Waals surface area contributed by atoms with Gasteiger partial charge in [0.15, 0.2) is 0 Å². The first-order valence-electron chi connectivity index (χ1n) is 8.48. The monoisotopic (exact) mass is 350 g/mol. The third-order valence-electron chi connectivity index (χ3n) is 4.44. The molecule has 0 saturated heterocycles. The van der Waals surface area contributed by atoms with Gasteiger partial charge in [0, 0.05) is 36.5 Å². The average molecular weight is 350 g/mol. The van der Waals surface area contributed by atoms with Crippen LogP contribution in [0.25, 0.3) is 5.69 Å². The first-order valence-corrected chi connectivity index (χ1v) is 8.48. The first-order chi connectivity index (χ1) is 12.5. The molecule has 0 unspecified atom stereocenters. The highest BCUT2D eigenvalue weighted by Crippen LogP contribution is 2.20. The van der Waals surface area contributed by atoms with E-state index in [9.17, 15) is 10.1 Å². The van der Waals surface area contributed by atoms with Crippen molar-refractivity contribution in [1.82, 2.24) is 14.7 Å². The van der Waals surface area contributed by atoms with Crippen molar-refractivity contribution in [2.75, 3.05) is 7.05 Å². The minimum Gasteiger partial charge on any atom is -0.298 e. The van der Waals surface area contributed by atoms with E-state index in [1.807, 2.05) is 55.1 Å². The zero-order chi connectivity index (χ0) is 18.7. The number of hydrogen-bond donors (Lipinski definition) is 0. The van der Waals surface area contributed by atoms with Gasteiger partial charge in [0.05, 0.1) is 16.3 Å². The topological polar surface area (TPSA) is 64.2 Å². The van der Waals surface area contributed by atoms with Gasteiger partial charge in [0.2, 0.25) is 0 Å². The molecule has 0 amide bonds. The molecule has 0 aliphatic carbocycles. The molecule has 3 aromatic rings. The molecular formula is C20H22N4O2. The van der Waals surface area contributed by atoms with Crippen molar-refractivity contribution in [1.29, 1.82) is 0 Å². The van der Waals surface area contributed by atoms with Crippen LogP contribution in [0.15, 0.2) is 54.6 Å². The molecule has 0 bridgehead atoms. The van der Waals surface area contributed by atoms with Crippen LogP contribution in [0.5, 0.6) is 0 Å². The Bertz CT molecular complexity index is 919. The van der Waals surface area contributed by atoms with Crippen LogP contribution in [0, 0.1) is 24.0 Å². The maximum Gasteiger partial charge on any atom is 0.269 e. The van der Waals surface area contributed by atoms with Crippen LogP contribution >= 0.6 is 0 Å². The van der Waals surface area contributed by atoms with E-state index in [0.717, 1.165) is 29.2 Å². The highest BCUT2D eigenvalue weighted by atomic mass is 16.6. The van der Waals surface area contributed by atoms with E-state index in [4.69, 9.17) is 0 Å². The molecule has 6 heteroatoms. The molecule has 0 radical (unpaired) electrons. The molecule has 3 rings (SSSR count). The van der Waals surface area contributed by atoms with Crippen LogP contribution in [-0.4, -0.2) is 26.7 Å². The van der Waals surface area contributed by atoms with E-state index in [0.29, 0.717) is 6.54 Å². The molecular weight excluding hydrogens is 328 g/mol. The maximum absolute atomic E-state index is 10.9. The lowest BCUT2D eigenvalue weighted by atomic mass is 10.1. The first kappa shape index (κ1) is 17.8. The Kier molecular flexibility index (Phi) is 5.14. The number of para-hydroxylation sites is 1. The number of nitrogens with zero attached hydrogens (tertiary/aromatic N) is 4. The fourth-order valence-electron chi connectivity index (χ4n) is 3.13. The lowest BCUT2D eigenvalue weighted by Crippen LogP contribution is -2.18. The average Bonchev–Trinajstić information content (AvgIpc) is 2.91. The van der Waals surface area contributed by atoms with Gasteiger partial charge in [-0.25, -0.2) is 4.68 Å². The van der Waals surface area contributed by atoms with Crippen LogP contribution < -0.4 is 0 Å². The van der Waals surface area contributed by atoms with E-state index < -0.39 is 0 Å².